The van der Waals surface area contributed by atoms with Crippen molar-refractivity contribution in [1.82, 2.24) is 0 Å². The predicted octanol–water partition coefficient (Wildman–Crippen LogP) is 4.73. The molecule has 1 heterocycles. The fraction of sp³-hybridized carbons (Fsp3) is 0.0909. The van der Waals surface area contributed by atoms with E-state index >= 15 is 0 Å². The summed E-state index contributed by atoms with van der Waals surface area (Å²) >= 11 is 0. The van der Waals surface area contributed by atoms with E-state index in [9.17, 15) is 9.59 Å². The molecule has 128 valence electrons. The molecule has 0 saturated heterocycles. The number of Topliss-reactive ketones (excluding diaryl/α,β-unsaturated/α-hetero) is 1. The predicted molar refractivity (Wildman–Crippen MR) is 101 cm³/mol. The first-order chi connectivity index (χ1) is 12.6. The molecule has 3 aromatic carbocycles. The lowest BCUT2D eigenvalue weighted by molar-refractivity contribution is 0.101. The summed E-state index contributed by atoms with van der Waals surface area (Å²) in [5, 5.41) is 2.93. The molecule has 0 aliphatic rings. The zero-order chi connectivity index (χ0) is 18.1. The molecule has 4 rings (SSSR count). The van der Waals surface area contributed by atoms with Crippen molar-refractivity contribution in [3.05, 3.63) is 88.3 Å². The normalized spacial score (nSPS) is 11.0. The van der Waals surface area contributed by atoms with Crippen LogP contribution < -0.4 is 10.4 Å². The summed E-state index contributed by atoms with van der Waals surface area (Å²) in [5.41, 5.74) is 1.46. The SMILES string of the molecule is CC(=O)c1cccc(OCc2cc(=O)oc3ccc4ccccc4c23)c1. The lowest BCUT2D eigenvalue weighted by Crippen LogP contribution is -2.04. The summed E-state index contributed by atoms with van der Waals surface area (Å²) in [6.45, 7) is 1.72. The van der Waals surface area contributed by atoms with Crippen LogP contribution in [0.1, 0.15) is 22.8 Å². The molecule has 0 fully saturated rings. The van der Waals surface area contributed by atoms with E-state index in [1.807, 2.05) is 30.3 Å². The van der Waals surface area contributed by atoms with Crippen molar-refractivity contribution in [2.75, 3.05) is 0 Å². The van der Waals surface area contributed by atoms with Gasteiger partial charge in [0, 0.05) is 22.6 Å². The fourth-order valence-electron chi connectivity index (χ4n) is 3.10. The van der Waals surface area contributed by atoms with Crippen molar-refractivity contribution in [3.63, 3.8) is 0 Å². The van der Waals surface area contributed by atoms with Crippen molar-refractivity contribution in [1.29, 1.82) is 0 Å². The molecule has 0 unspecified atom stereocenters. The second-order valence-corrected chi connectivity index (χ2v) is 6.12. The Kier molecular flexibility index (Phi) is 4.01. The number of benzene rings is 3. The van der Waals surface area contributed by atoms with E-state index in [1.165, 1.54) is 13.0 Å². The maximum absolute atomic E-state index is 11.9. The van der Waals surface area contributed by atoms with E-state index in [-0.39, 0.29) is 12.4 Å². The molecule has 26 heavy (non-hydrogen) atoms. The lowest BCUT2D eigenvalue weighted by Gasteiger charge is -2.11. The second-order valence-electron chi connectivity index (χ2n) is 6.12. The number of carbonyl (C=O) groups is 1. The van der Waals surface area contributed by atoms with Crippen LogP contribution in [0.3, 0.4) is 0 Å². The first-order valence-corrected chi connectivity index (χ1v) is 8.30. The molecule has 0 radical (unpaired) electrons. The highest BCUT2D eigenvalue weighted by Gasteiger charge is 2.10. The van der Waals surface area contributed by atoms with Gasteiger partial charge >= 0.3 is 5.63 Å². The van der Waals surface area contributed by atoms with E-state index in [0.717, 1.165) is 21.7 Å². The maximum Gasteiger partial charge on any atom is 0.336 e. The molecule has 0 bridgehead atoms. The quantitative estimate of drug-likeness (QED) is 0.305. The van der Waals surface area contributed by atoms with Crippen LogP contribution in [-0.4, -0.2) is 5.78 Å². The van der Waals surface area contributed by atoms with E-state index in [1.54, 1.807) is 30.3 Å². The second kappa shape index (κ2) is 6.48. The Morgan fingerprint density at radius 1 is 1.00 bits per heavy atom. The average Bonchev–Trinajstić information content (AvgIpc) is 2.65. The van der Waals surface area contributed by atoms with Gasteiger partial charge in [0.15, 0.2) is 5.78 Å². The summed E-state index contributed by atoms with van der Waals surface area (Å²) in [6.07, 6.45) is 0. The van der Waals surface area contributed by atoms with Gasteiger partial charge in [-0.05, 0) is 35.9 Å². The Hall–Kier alpha value is -3.40. The number of carbonyl (C=O) groups excluding carboxylic acids is 1. The van der Waals surface area contributed by atoms with Gasteiger partial charge in [0.25, 0.3) is 0 Å². The number of fused-ring (bicyclic) bond motifs is 3. The van der Waals surface area contributed by atoms with Gasteiger partial charge in [-0.3, -0.25) is 4.79 Å². The Morgan fingerprint density at radius 2 is 1.85 bits per heavy atom. The van der Waals surface area contributed by atoms with Gasteiger partial charge < -0.3 is 9.15 Å². The van der Waals surface area contributed by atoms with Gasteiger partial charge in [0.05, 0.1) is 0 Å². The molecular weight excluding hydrogens is 328 g/mol. The van der Waals surface area contributed by atoms with Gasteiger partial charge in [0.1, 0.15) is 17.9 Å². The molecule has 0 amide bonds. The number of rotatable bonds is 4. The molecule has 0 N–H and O–H groups in total. The summed E-state index contributed by atoms with van der Waals surface area (Å²) in [4.78, 5) is 23.5. The van der Waals surface area contributed by atoms with Crippen LogP contribution in [0.2, 0.25) is 0 Å². The first kappa shape index (κ1) is 16.1. The van der Waals surface area contributed by atoms with Gasteiger partial charge in [-0.15, -0.1) is 0 Å². The summed E-state index contributed by atoms with van der Waals surface area (Å²) in [5.74, 6) is 0.562. The Bertz CT molecular complexity index is 1190. The molecule has 1 aromatic heterocycles. The highest BCUT2D eigenvalue weighted by molar-refractivity contribution is 6.07. The van der Waals surface area contributed by atoms with Crippen LogP contribution in [0.25, 0.3) is 21.7 Å². The molecule has 4 aromatic rings. The van der Waals surface area contributed by atoms with E-state index in [0.29, 0.717) is 16.9 Å². The lowest BCUT2D eigenvalue weighted by atomic mass is 10.0. The average molecular weight is 344 g/mol. The van der Waals surface area contributed by atoms with Crippen LogP contribution in [-0.2, 0) is 6.61 Å². The van der Waals surface area contributed by atoms with Crippen molar-refractivity contribution in [3.8, 4) is 5.75 Å². The molecule has 0 spiro atoms. The Labute approximate surface area is 149 Å². The molecule has 4 heteroatoms. The highest BCUT2D eigenvalue weighted by Crippen LogP contribution is 2.28. The number of hydrogen-bond donors (Lipinski definition) is 0. The highest BCUT2D eigenvalue weighted by atomic mass is 16.5. The largest absolute Gasteiger partial charge is 0.489 e. The van der Waals surface area contributed by atoms with Crippen molar-refractivity contribution in [2.45, 2.75) is 13.5 Å². The number of ketones is 1. The Morgan fingerprint density at radius 3 is 2.69 bits per heavy atom. The third-order valence-corrected chi connectivity index (χ3v) is 4.35. The number of ether oxygens (including phenoxy) is 1. The third-order valence-electron chi connectivity index (χ3n) is 4.35. The molecule has 0 aliphatic heterocycles. The van der Waals surface area contributed by atoms with Crippen molar-refractivity contribution in [2.24, 2.45) is 0 Å². The molecule has 4 nitrogen and oxygen atoms in total. The topological polar surface area (TPSA) is 56.5 Å². The fourth-order valence-corrected chi connectivity index (χ4v) is 3.10. The zero-order valence-corrected chi connectivity index (χ0v) is 14.2. The number of hydrogen-bond acceptors (Lipinski definition) is 4. The van der Waals surface area contributed by atoms with Gasteiger partial charge in [-0.25, -0.2) is 4.79 Å². The Balaban J connectivity index is 1.78. The molecule has 0 atom stereocenters. The van der Waals surface area contributed by atoms with Crippen LogP contribution in [0.5, 0.6) is 5.75 Å². The summed E-state index contributed by atoms with van der Waals surface area (Å²) in [7, 11) is 0. The molecule has 0 saturated carbocycles. The summed E-state index contributed by atoms with van der Waals surface area (Å²) in [6, 6.07) is 20.1. The van der Waals surface area contributed by atoms with Gasteiger partial charge in [-0.2, -0.15) is 0 Å². The van der Waals surface area contributed by atoms with E-state index < -0.39 is 5.63 Å². The van der Waals surface area contributed by atoms with Crippen LogP contribution >= 0.6 is 0 Å². The monoisotopic (exact) mass is 344 g/mol. The zero-order valence-electron chi connectivity index (χ0n) is 14.2. The van der Waals surface area contributed by atoms with Crippen molar-refractivity contribution < 1.29 is 13.9 Å². The van der Waals surface area contributed by atoms with Crippen LogP contribution in [0.4, 0.5) is 0 Å². The van der Waals surface area contributed by atoms with Crippen molar-refractivity contribution >= 4 is 27.5 Å². The van der Waals surface area contributed by atoms with Gasteiger partial charge in [0.2, 0.25) is 0 Å². The first-order valence-electron chi connectivity index (χ1n) is 8.30. The maximum atomic E-state index is 11.9. The minimum Gasteiger partial charge on any atom is -0.489 e. The van der Waals surface area contributed by atoms with Crippen LogP contribution in [0, 0.1) is 0 Å². The minimum absolute atomic E-state index is 0.0211. The molecular formula is C22H16O4. The minimum atomic E-state index is -0.413. The molecule has 0 aliphatic carbocycles. The standard InChI is InChI=1S/C22H16O4/c1-14(23)16-6-4-7-18(11-16)25-13-17-12-21(24)26-20-10-9-15-5-2-3-8-19(15)22(17)20/h2-12H,13H2,1H3. The summed E-state index contributed by atoms with van der Waals surface area (Å²) < 4.78 is 11.2. The van der Waals surface area contributed by atoms with E-state index in [2.05, 4.69) is 0 Å². The smallest absolute Gasteiger partial charge is 0.336 e. The van der Waals surface area contributed by atoms with Gasteiger partial charge in [-0.1, -0.05) is 42.5 Å². The van der Waals surface area contributed by atoms with E-state index in [4.69, 9.17) is 9.15 Å². The third kappa shape index (κ3) is 2.97. The van der Waals surface area contributed by atoms with Crippen LogP contribution in [0.15, 0.2) is 75.9 Å².